The van der Waals surface area contributed by atoms with Gasteiger partial charge in [-0.25, -0.2) is 4.39 Å². The molecule has 1 aromatic carbocycles. The van der Waals surface area contributed by atoms with E-state index >= 15 is 0 Å². The van der Waals surface area contributed by atoms with E-state index in [4.69, 9.17) is 17.3 Å². The average molecular weight is 285 g/mol. The van der Waals surface area contributed by atoms with Crippen molar-refractivity contribution in [1.29, 1.82) is 0 Å². The number of likely N-dealkylation sites (N-methyl/N-ethyl adjacent to an activating group) is 1. The van der Waals surface area contributed by atoms with E-state index in [1.54, 1.807) is 12.1 Å². The van der Waals surface area contributed by atoms with Gasteiger partial charge in [-0.3, -0.25) is 0 Å². The molecule has 2 nitrogen and oxygen atoms in total. The highest BCUT2D eigenvalue weighted by Gasteiger charge is 2.17. The molecule has 2 rings (SSSR count). The fourth-order valence-corrected chi connectivity index (χ4v) is 3.05. The molecule has 5 heteroatoms. The Morgan fingerprint density at radius 3 is 2.44 bits per heavy atom. The van der Waals surface area contributed by atoms with Gasteiger partial charge in [0.05, 0.1) is 10.4 Å². The number of rotatable bonds is 4. The lowest BCUT2D eigenvalue weighted by molar-refractivity contribution is 0.626. The minimum absolute atomic E-state index is 0.0490. The van der Waals surface area contributed by atoms with Gasteiger partial charge in [-0.15, -0.1) is 11.3 Å². The molecule has 96 valence electrons. The number of hydrogen-bond donors (Lipinski definition) is 1. The van der Waals surface area contributed by atoms with Gasteiger partial charge in [0, 0.05) is 24.2 Å². The Morgan fingerprint density at radius 2 is 1.94 bits per heavy atom. The van der Waals surface area contributed by atoms with Gasteiger partial charge in [-0.1, -0.05) is 11.6 Å². The Bertz CT molecular complexity index is 512. The van der Waals surface area contributed by atoms with Gasteiger partial charge in [0.1, 0.15) is 5.82 Å². The number of thiophene rings is 1. The molecule has 0 aliphatic rings. The van der Waals surface area contributed by atoms with Crippen molar-refractivity contribution in [3.05, 3.63) is 51.4 Å². The maximum Gasteiger partial charge on any atom is 0.123 e. The molecule has 0 saturated carbocycles. The van der Waals surface area contributed by atoms with E-state index < -0.39 is 0 Å². The maximum atomic E-state index is 12.9. The van der Waals surface area contributed by atoms with Crippen LogP contribution in [0.4, 0.5) is 10.1 Å². The van der Waals surface area contributed by atoms with E-state index in [1.807, 2.05) is 24.1 Å². The first kappa shape index (κ1) is 13.3. The Kier molecular flexibility index (Phi) is 4.22. The maximum absolute atomic E-state index is 12.9. The van der Waals surface area contributed by atoms with Gasteiger partial charge in [-0.05, 0) is 36.4 Å². The summed E-state index contributed by atoms with van der Waals surface area (Å²) in [5.74, 6) is -0.240. The van der Waals surface area contributed by atoms with E-state index in [0.29, 0.717) is 6.54 Å². The van der Waals surface area contributed by atoms with Crippen molar-refractivity contribution in [1.82, 2.24) is 0 Å². The van der Waals surface area contributed by atoms with Crippen LogP contribution in [0.5, 0.6) is 0 Å². The van der Waals surface area contributed by atoms with Crippen LogP contribution in [-0.2, 0) is 0 Å². The van der Waals surface area contributed by atoms with E-state index in [2.05, 4.69) is 0 Å². The van der Waals surface area contributed by atoms with Crippen LogP contribution in [0.15, 0.2) is 36.4 Å². The topological polar surface area (TPSA) is 29.3 Å². The summed E-state index contributed by atoms with van der Waals surface area (Å²) in [6.07, 6.45) is 0. The summed E-state index contributed by atoms with van der Waals surface area (Å²) in [5.41, 5.74) is 6.76. The largest absolute Gasteiger partial charge is 0.365 e. The van der Waals surface area contributed by atoms with Crippen LogP contribution in [0, 0.1) is 5.82 Å². The first-order valence-electron chi connectivity index (χ1n) is 5.55. The molecule has 0 saturated heterocycles. The highest BCUT2D eigenvalue weighted by Crippen LogP contribution is 2.31. The molecule has 0 aliphatic heterocycles. The third-order valence-electron chi connectivity index (χ3n) is 2.85. The van der Waals surface area contributed by atoms with Gasteiger partial charge in [0.2, 0.25) is 0 Å². The molecule has 0 spiro atoms. The summed E-state index contributed by atoms with van der Waals surface area (Å²) in [5, 5.41) is 0. The first-order chi connectivity index (χ1) is 8.61. The van der Waals surface area contributed by atoms with Crippen LogP contribution in [0.1, 0.15) is 10.9 Å². The number of nitrogens with two attached hydrogens (primary N) is 1. The van der Waals surface area contributed by atoms with Crippen molar-refractivity contribution in [3.63, 3.8) is 0 Å². The monoisotopic (exact) mass is 284 g/mol. The average Bonchev–Trinajstić information content (AvgIpc) is 2.77. The van der Waals surface area contributed by atoms with Gasteiger partial charge in [0.25, 0.3) is 0 Å². The molecule has 1 heterocycles. The Hall–Kier alpha value is -1.10. The summed E-state index contributed by atoms with van der Waals surface area (Å²) < 4.78 is 13.6. The van der Waals surface area contributed by atoms with Gasteiger partial charge >= 0.3 is 0 Å². The normalized spacial score (nSPS) is 12.4. The van der Waals surface area contributed by atoms with Gasteiger partial charge in [0.15, 0.2) is 0 Å². The quantitative estimate of drug-likeness (QED) is 0.928. The third kappa shape index (κ3) is 2.83. The lowest BCUT2D eigenvalue weighted by Gasteiger charge is -2.28. The van der Waals surface area contributed by atoms with Crippen LogP contribution in [0.2, 0.25) is 4.34 Å². The third-order valence-corrected chi connectivity index (χ3v) is 4.18. The zero-order valence-corrected chi connectivity index (χ0v) is 11.5. The van der Waals surface area contributed by atoms with Gasteiger partial charge in [-0.2, -0.15) is 0 Å². The second-order valence-electron chi connectivity index (χ2n) is 3.98. The zero-order valence-electron chi connectivity index (χ0n) is 9.94. The molecule has 0 amide bonds. The van der Waals surface area contributed by atoms with Crippen LogP contribution in [0.25, 0.3) is 0 Å². The van der Waals surface area contributed by atoms with Crippen LogP contribution < -0.4 is 10.6 Å². The molecule has 0 aliphatic carbocycles. The summed E-state index contributed by atoms with van der Waals surface area (Å²) >= 11 is 7.46. The minimum Gasteiger partial charge on any atom is -0.365 e. The van der Waals surface area contributed by atoms with Crippen molar-refractivity contribution in [2.45, 2.75) is 6.04 Å². The standard InChI is InChI=1S/C13H14ClFN2S/c1-17(10-4-2-9(15)3-5-10)11(8-16)12-6-7-13(14)18-12/h2-7,11H,8,16H2,1H3. The summed E-state index contributed by atoms with van der Waals surface area (Å²) in [4.78, 5) is 3.14. The van der Waals surface area contributed by atoms with E-state index in [-0.39, 0.29) is 11.9 Å². The van der Waals surface area contributed by atoms with E-state index in [9.17, 15) is 4.39 Å². The Morgan fingerprint density at radius 1 is 1.28 bits per heavy atom. The number of benzene rings is 1. The molecule has 1 unspecified atom stereocenters. The molecule has 2 N–H and O–H groups in total. The van der Waals surface area contributed by atoms with Gasteiger partial charge < -0.3 is 10.6 Å². The molecule has 0 radical (unpaired) electrons. The van der Waals surface area contributed by atoms with Crippen LogP contribution in [-0.4, -0.2) is 13.6 Å². The molecule has 0 bridgehead atoms. The highest BCUT2D eigenvalue weighted by atomic mass is 35.5. The summed E-state index contributed by atoms with van der Waals surface area (Å²) in [7, 11) is 1.94. The highest BCUT2D eigenvalue weighted by molar-refractivity contribution is 7.16. The lowest BCUT2D eigenvalue weighted by atomic mass is 10.2. The number of hydrogen-bond acceptors (Lipinski definition) is 3. The van der Waals surface area contributed by atoms with E-state index in [0.717, 1.165) is 14.9 Å². The van der Waals surface area contributed by atoms with Crippen molar-refractivity contribution in [2.24, 2.45) is 5.73 Å². The van der Waals surface area contributed by atoms with Crippen molar-refractivity contribution < 1.29 is 4.39 Å². The minimum atomic E-state index is -0.240. The van der Waals surface area contributed by atoms with E-state index in [1.165, 1.54) is 23.5 Å². The van der Waals surface area contributed by atoms with Crippen molar-refractivity contribution in [2.75, 3.05) is 18.5 Å². The van der Waals surface area contributed by atoms with Crippen molar-refractivity contribution >= 4 is 28.6 Å². The smallest absolute Gasteiger partial charge is 0.123 e. The SMILES string of the molecule is CN(c1ccc(F)cc1)C(CN)c1ccc(Cl)s1. The second kappa shape index (κ2) is 5.69. The first-order valence-corrected chi connectivity index (χ1v) is 6.75. The molecule has 2 aromatic rings. The van der Waals surface area contributed by atoms with Crippen LogP contribution in [0.3, 0.4) is 0 Å². The Balaban J connectivity index is 2.25. The van der Waals surface area contributed by atoms with Crippen molar-refractivity contribution in [3.8, 4) is 0 Å². The second-order valence-corrected chi connectivity index (χ2v) is 5.73. The number of nitrogens with zero attached hydrogens (tertiary/aromatic N) is 1. The predicted octanol–water partition coefficient (Wildman–Crippen LogP) is 3.68. The number of halogens is 2. The summed E-state index contributed by atoms with van der Waals surface area (Å²) in [6, 6.07) is 10.3. The zero-order chi connectivity index (χ0) is 13.1. The predicted molar refractivity (Wildman–Crippen MR) is 75.9 cm³/mol. The van der Waals surface area contributed by atoms with Crippen LogP contribution >= 0.6 is 22.9 Å². The molecule has 0 fully saturated rings. The fraction of sp³-hybridized carbons (Fsp3) is 0.231. The molecule has 1 aromatic heterocycles. The number of anilines is 1. The molecule has 18 heavy (non-hydrogen) atoms. The lowest BCUT2D eigenvalue weighted by Crippen LogP contribution is -2.29. The Labute approximate surface area is 115 Å². The molecule has 1 atom stereocenters. The molecular weight excluding hydrogens is 271 g/mol. The summed E-state index contributed by atoms with van der Waals surface area (Å²) in [6.45, 7) is 0.477. The fourth-order valence-electron chi connectivity index (χ4n) is 1.83. The molecular formula is C13H14ClFN2S.